The maximum Gasteiger partial charge on any atom is 0.400 e. The van der Waals surface area contributed by atoms with Crippen LogP contribution in [0.2, 0.25) is 0 Å². The van der Waals surface area contributed by atoms with Crippen molar-refractivity contribution in [3.8, 4) is 5.75 Å². The number of unbranched alkanes of at least 4 members (excludes halogenated alkanes) is 2. The normalized spacial score (nSPS) is 29.5. The van der Waals surface area contributed by atoms with Crippen LogP contribution in [0.3, 0.4) is 0 Å². The Labute approximate surface area is 242 Å². The molecule has 2 saturated carbocycles. The number of ether oxygens (including phenoxy) is 4. The summed E-state index contributed by atoms with van der Waals surface area (Å²) in [6.07, 6.45) is 14.9. The predicted molar refractivity (Wildman–Crippen MR) is 151 cm³/mol. The lowest BCUT2D eigenvalue weighted by atomic mass is 9.78. The molecule has 1 aromatic rings. The third-order valence-electron chi connectivity index (χ3n) is 8.84. The lowest BCUT2D eigenvalue weighted by Crippen LogP contribution is -2.37. The second-order valence-corrected chi connectivity index (χ2v) is 12.0. The smallest absolute Gasteiger partial charge is 0.400 e. The molecule has 0 unspecified atom stereocenters. The van der Waals surface area contributed by atoms with Gasteiger partial charge < -0.3 is 18.9 Å². The van der Waals surface area contributed by atoms with Crippen LogP contribution in [0.1, 0.15) is 83.5 Å². The Morgan fingerprint density at radius 3 is 2.15 bits per heavy atom. The minimum absolute atomic E-state index is 0.0319. The maximum absolute atomic E-state index is 14.7. The van der Waals surface area contributed by atoms with Crippen LogP contribution in [0.5, 0.6) is 5.75 Å². The first-order valence-electron chi connectivity index (χ1n) is 15.5. The van der Waals surface area contributed by atoms with E-state index in [2.05, 4.69) is 18.7 Å². The van der Waals surface area contributed by atoms with Crippen molar-refractivity contribution in [1.29, 1.82) is 0 Å². The summed E-state index contributed by atoms with van der Waals surface area (Å²) in [5.74, 6) is -2.03. The molecule has 8 heteroatoms. The van der Waals surface area contributed by atoms with Crippen molar-refractivity contribution < 1.29 is 36.5 Å². The summed E-state index contributed by atoms with van der Waals surface area (Å²) >= 11 is 0. The number of hydrogen-bond donors (Lipinski definition) is 0. The Hall–Kier alpha value is -1.90. The molecule has 1 aliphatic heterocycles. The molecular weight excluding hydrogens is 536 g/mol. The second-order valence-electron chi connectivity index (χ2n) is 12.0. The molecule has 0 aromatic heterocycles. The molecule has 2 aliphatic carbocycles. The highest BCUT2D eigenvalue weighted by Crippen LogP contribution is 2.41. The molecule has 4 nitrogen and oxygen atoms in total. The van der Waals surface area contributed by atoms with E-state index in [0.29, 0.717) is 62.7 Å². The van der Waals surface area contributed by atoms with E-state index in [9.17, 15) is 17.6 Å². The van der Waals surface area contributed by atoms with Crippen LogP contribution in [0.4, 0.5) is 17.6 Å². The Morgan fingerprint density at radius 2 is 1.51 bits per heavy atom. The van der Waals surface area contributed by atoms with Crippen molar-refractivity contribution in [1.82, 2.24) is 0 Å². The van der Waals surface area contributed by atoms with Gasteiger partial charge in [-0.05, 0) is 113 Å². The van der Waals surface area contributed by atoms with Crippen LogP contribution in [0, 0.1) is 35.3 Å². The Morgan fingerprint density at radius 1 is 0.854 bits per heavy atom. The predicted octanol–water partition coefficient (Wildman–Crippen LogP) is 9.00. The zero-order valence-electron chi connectivity index (χ0n) is 24.1. The highest BCUT2D eigenvalue weighted by Gasteiger charge is 2.43. The Kier molecular flexibility index (Phi) is 12.6. The van der Waals surface area contributed by atoms with Crippen LogP contribution in [0.15, 0.2) is 43.0 Å². The van der Waals surface area contributed by atoms with E-state index >= 15 is 0 Å². The molecule has 1 saturated heterocycles. The fourth-order valence-corrected chi connectivity index (χ4v) is 6.21. The number of allylic oxidation sites excluding steroid dienone is 3. The minimum Gasteiger partial charge on any atom is -0.432 e. The number of benzene rings is 1. The van der Waals surface area contributed by atoms with E-state index in [4.69, 9.17) is 18.9 Å². The van der Waals surface area contributed by atoms with Gasteiger partial charge in [-0.2, -0.15) is 8.78 Å². The molecule has 0 bridgehead atoms. The zero-order valence-corrected chi connectivity index (χ0v) is 24.1. The van der Waals surface area contributed by atoms with Gasteiger partial charge >= 0.3 is 6.11 Å². The van der Waals surface area contributed by atoms with E-state index < -0.39 is 23.7 Å². The third-order valence-corrected chi connectivity index (χ3v) is 8.84. The zero-order chi connectivity index (χ0) is 29.1. The van der Waals surface area contributed by atoms with E-state index in [0.717, 1.165) is 63.7 Å². The van der Waals surface area contributed by atoms with Crippen molar-refractivity contribution in [2.45, 2.75) is 102 Å². The number of rotatable bonds is 14. The van der Waals surface area contributed by atoms with Crippen molar-refractivity contribution >= 4 is 0 Å². The van der Waals surface area contributed by atoms with Crippen molar-refractivity contribution in [2.24, 2.45) is 23.7 Å². The van der Waals surface area contributed by atoms with Gasteiger partial charge in [0.25, 0.3) is 0 Å². The van der Waals surface area contributed by atoms with Gasteiger partial charge in [-0.15, -0.1) is 6.58 Å². The summed E-state index contributed by atoms with van der Waals surface area (Å²) < 4.78 is 78.2. The summed E-state index contributed by atoms with van der Waals surface area (Å²) in [5.41, 5.74) is 0. The molecule has 1 aromatic carbocycles. The quantitative estimate of drug-likeness (QED) is 0.125. The molecule has 0 atom stereocenters. The van der Waals surface area contributed by atoms with Gasteiger partial charge in [-0.25, -0.2) is 8.78 Å². The Balaban J connectivity index is 1.07. The molecule has 0 N–H and O–H groups in total. The summed E-state index contributed by atoms with van der Waals surface area (Å²) in [6.45, 7) is 5.68. The summed E-state index contributed by atoms with van der Waals surface area (Å²) in [6, 6.07) is 2.50. The summed E-state index contributed by atoms with van der Waals surface area (Å²) in [5, 5.41) is 0. The van der Waals surface area contributed by atoms with Crippen molar-refractivity contribution in [3.05, 3.63) is 54.6 Å². The molecule has 3 aliphatic rings. The second kappa shape index (κ2) is 16.1. The first-order chi connectivity index (χ1) is 19.8. The van der Waals surface area contributed by atoms with Crippen LogP contribution in [-0.4, -0.2) is 38.3 Å². The van der Waals surface area contributed by atoms with Gasteiger partial charge in [0.1, 0.15) is 11.9 Å². The molecule has 0 spiro atoms. The van der Waals surface area contributed by atoms with Crippen molar-refractivity contribution in [2.75, 3.05) is 19.8 Å². The SMILES string of the molecule is C=CCCCCOC1COC(CCC2CCC(/C=C/C3CCC(C(F)(F)Oc4ccc(F)c(F)c4)CC3)CC2)OC1. The monoisotopic (exact) mass is 582 g/mol. The largest absolute Gasteiger partial charge is 0.432 e. The van der Waals surface area contributed by atoms with Gasteiger partial charge in [0.05, 0.1) is 19.1 Å². The number of alkyl halides is 2. The lowest BCUT2D eigenvalue weighted by molar-refractivity contribution is -0.229. The highest BCUT2D eigenvalue weighted by atomic mass is 19.3. The van der Waals surface area contributed by atoms with Crippen LogP contribution in [0.25, 0.3) is 0 Å². The van der Waals surface area contributed by atoms with Gasteiger partial charge in [-0.1, -0.05) is 18.2 Å². The molecule has 0 amide bonds. The average Bonchev–Trinajstić information content (AvgIpc) is 2.98. The fourth-order valence-electron chi connectivity index (χ4n) is 6.21. The Bertz CT molecular complexity index is 947. The molecule has 3 fully saturated rings. The standard InChI is InChI=1S/C33H46F4O4/c1-2-3-4-5-20-38-29-22-39-32(40-23-29)19-14-25-9-6-24(7-10-25)8-11-26-12-15-27(16-13-26)33(36,37)41-28-17-18-30(34)31(35)21-28/h2,8,11,17-18,21,24-27,29,32H,1,3-7,9-10,12-16,19-20,22-23H2/b11-8+. The van der Waals surface area contributed by atoms with E-state index in [-0.39, 0.29) is 18.1 Å². The molecule has 230 valence electrons. The number of halogens is 4. The molecule has 0 radical (unpaired) electrons. The first kappa shape index (κ1) is 32.0. The van der Waals surface area contributed by atoms with Gasteiger partial charge in [0, 0.05) is 12.7 Å². The van der Waals surface area contributed by atoms with E-state index in [1.54, 1.807) is 0 Å². The van der Waals surface area contributed by atoms with E-state index in [1.807, 2.05) is 6.08 Å². The van der Waals surface area contributed by atoms with Crippen molar-refractivity contribution in [3.63, 3.8) is 0 Å². The first-order valence-corrected chi connectivity index (χ1v) is 15.5. The van der Waals surface area contributed by atoms with Crippen LogP contribution >= 0.6 is 0 Å². The minimum atomic E-state index is -3.41. The molecule has 1 heterocycles. The maximum atomic E-state index is 14.7. The molecule has 4 rings (SSSR count). The third kappa shape index (κ3) is 10.4. The van der Waals surface area contributed by atoms with Crippen LogP contribution < -0.4 is 4.74 Å². The molecule has 41 heavy (non-hydrogen) atoms. The molecular formula is C33H46F4O4. The average molecular weight is 583 g/mol. The summed E-state index contributed by atoms with van der Waals surface area (Å²) in [4.78, 5) is 0. The topological polar surface area (TPSA) is 36.9 Å². The lowest BCUT2D eigenvalue weighted by Gasteiger charge is -2.33. The summed E-state index contributed by atoms with van der Waals surface area (Å²) in [7, 11) is 0. The fraction of sp³-hybridized carbons (Fsp3) is 0.697. The van der Waals surface area contributed by atoms with E-state index in [1.165, 1.54) is 12.8 Å². The highest BCUT2D eigenvalue weighted by molar-refractivity contribution is 5.24. The van der Waals surface area contributed by atoms with Crippen LogP contribution in [-0.2, 0) is 14.2 Å². The van der Waals surface area contributed by atoms with Gasteiger partial charge in [0.2, 0.25) is 0 Å². The number of hydrogen-bond acceptors (Lipinski definition) is 4. The van der Waals surface area contributed by atoms with Gasteiger partial charge in [0.15, 0.2) is 17.9 Å². The van der Waals surface area contributed by atoms with Gasteiger partial charge in [-0.3, -0.25) is 0 Å².